The Balaban J connectivity index is 2.18. The van der Waals surface area contributed by atoms with E-state index in [0.29, 0.717) is 13.0 Å². The highest BCUT2D eigenvalue weighted by atomic mass is 16.2. The molecule has 0 fully saturated rings. The van der Waals surface area contributed by atoms with Gasteiger partial charge in [-0.2, -0.15) is 0 Å². The molecular formula is C15H22N2O2. The SMILES string of the molecule is CC(=O)NCCC(=O)NC(C)CCc1ccccc1. The summed E-state index contributed by atoms with van der Waals surface area (Å²) in [4.78, 5) is 22.2. The Bertz CT molecular complexity index is 404. The Morgan fingerprint density at radius 1 is 1.21 bits per heavy atom. The predicted molar refractivity (Wildman–Crippen MR) is 75.7 cm³/mol. The van der Waals surface area contributed by atoms with Crippen LogP contribution in [0, 0.1) is 0 Å². The van der Waals surface area contributed by atoms with E-state index in [0.717, 1.165) is 12.8 Å². The van der Waals surface area contributed by atoms with Crippen molar-refractivity contribution in [2.45, 2.75) is 39.2 Å². The zero-order valence-electron chi connectivity index (χ0n) is 11.6. The van der Waals surface area contributed by atoms with Crippen molar-refractivity contribution in [3.8, 4) is 0 Å². The molecule has 0 aliphatic carbocycles. The van der Waals surface area contributed by atoms with Gasteiger partial charge in [-0.1, -0.05) is 30.3 Å². The molecule has 0 radical (unpaired) electrons. The highest BCUT2D eigenvalue weighted by Crippen LogP contribution is 2.04. The molecule has 0 spiro atoms. The van der Waals surface area contributed by atoms with Crippen molar-refractivity contribution >= 4 is 11.8 Å². The molecule has 19 heavy (non-hydrogen) atoms. The van der Waals surface area contributed by atoms with Gasteiger partial charge >= 0.3 is 0 Å². The highest BCUT2D eigenvalue weighted by Gasteiger charge is 2.07. The summed E-state index contributed by atoms with van der Waals surface area (Å²) >= 11 is 0. The fourth-order valence-electron chi connectivity index (χ4n) is 1.80. The standard InChI is InChI=1S/C15H22N2O2/c1-12(8-9-14-6-4-3-5-7-14)17-15(19)10-11-16-13(2)18/h3-7,12H,8-11H2,1-2H3,(H,16,18)(H,17,19). The van der Waals surface area contributed by atoms with Crippen molar-refractivity contribution in [2.75, 3.05) is 6.54 Å². The lowest BCUT2D eigenvalue weighted by Crippen LogP contribution is -2.35. The molecular weight excluding hydrogens is 240 g/mol. The Hall–Kier alpha value is -1.84. The fraction of sp³-hybridized carbons (Fsp3) is 0.467. The molecule has 0 aliphatic heterocycles. The van der Waals surface area contributed by atoms with Gasteiger partial charge in [0.15, 0.2) is 0 Å². The second-order valence-electron chi connectivity index (χ2n) is 4.73. The molecule has 1 unspecified atom stereocenters. The van der Waals surface area contributed by atoms with E-state index in [1.165, 1.54) is 12.5 Å². The number of hydrogen-bond acceptors (Lipinski definition) is 2. The summed E-state index contributed by atoms with van der Waals surface area (Å²) in [6, 6.07) is 10.4. The third-order valence-electron chi connectivity index (χ3n) is 2.84. The van der Waals surface area contributed by atoms with E-state index in [9.17, 15) is 9.59 Å². The molecule has 104 valence electrons. The Morgan fingerprint density at radius 3 is 2.53 bits per heavy atom. The Kier molecular flexibility index (Phi) is 6.64. The van der Waals surface area contributed by atoms with E-state index in [-0.39, 0.29) is 17.9 Å². The average Bonchev–Trinajstić information content (AvgIpc) is 2.37. The number of hydrogen-bond donors (Lipinski definition) is 2. The monoisotopic (exact) mass is 262 g/mol. The summed E-state index contributed by atoms with van der Waals surface area (Å²) < 4.78 is 0. The molecule has 0 heterocycles. The second-order valence-corrected chi connectivity index (χ2v) is 4.73. The summed E-state index contributed by atoms with van der Waals surface area (Å²) in [5.74, 6) is -0.126. The van der Waals surface area contributed by atoms with E-state index < -0.39 is 0 Å². The van der Waals surface area contributed by atoms with Gasteiger partial charge in [-0.3, -0.25) is 9.59 Å². The molecule has 0 aliphatic rings. The first-order chi connectivity index (χ1) is 9.08. The van der Waals surface area contributed by atoms with Crippen molar-refractivity contribution in [1.82, 2.24) is 10.6 Å². The molecule has 0 saturated heterocycles. The molecule has 1 aromatic carbocycles. The van der Waals surface area contributed by atoms with Gasteiger partial charge in [0.25, 0.3) is 0 Å². The van der Waals surface area contributed by atoms with Crippen molar-refractivity contribution < 1.29 is 9.59 Å². The minimum atomic E-state index is -0.107. The maximum absolute atomic E-state index is 11.6. The van der Waals surface area contributed by atoms with Crippen molar-refractivity contribution in [1.29, 1.82) is 0 Å². The molecule has 1 aromatic rings. The third kappa shape index (κ3) is 7.24. The largest absolute Gasteiger partial charge is 0.356 e. The van der Waals surface area contributed by atoms with Gasteiger partial charge in [-0.25, -0.2) is 0 Å². The maximum Gasteiger partial charge on any atom is 0.221 e. The van der Waals surface area contributed by atoms with Crippen LogP contribution in [0.5, 0.6) is 0 Å². The Morgan fingerprint density at radius 2 is 1.89 bits per heavy atom. The van der Waals surface area contributed by atoms with Crippen LogP contribution in [0.15, 0.2) is 30.3 Å². The van der Waals surface area contributed by atoms with Crippen molar-refractivity contribution in [3.63, 3.8) is 0 Å². The molecule has 2 N–H and O–H groups in total. The number of carbonyl (C=O) groups is 2. The quantitative estimate of drug-likeness (QED) is 0.785. The van der Waals surface area contributed by atoms with Crippen LogP contribution >= 0.6 is 0 Å². The zero-order valence-corrected chi connectivity index (χ0v) is 11.6. The average molecular weight is 262 g/mol. The van der Waals surface area contributed by atoms with Gasteiger partial charge in [0.2, 0.25) is 11.8 Å². The van der Waals surface area contributed by atoms with Gasteiger partial charge in [-0.05, 0) is 25.3 Å². The van der Waals surface area contributed by atoms with Crippen LogP contribution in [-0.4, -0.2) is 24.4 Å². The summed E-state index contributed by atoms with van der Waals surface area (Å²) in [6.45, 7) is 3.84. The van der Waals surface area contributed by atoms with Gasteiger partial charge in [0.05, 0.1) is 0 Å². The number of aryl methyl sites for hydroxylation is 1. The molecule has 1 atom stereocenters. The van der Waals surface area contributed by atoms with Crippen LogP contribution in [0.2, 0.25) is 0 Å². The van der Waals surface area contributed by atoms with E-state index in [2.05, 4.69) is 22.8 Å². The van der Waals surface area contributed by atoms with E-state index in [4.69, 9.17) is 0 Å². The normalized spacial score (nSPS) is 11.7. The van der Waals surface area contributed by atoms with Crippen LogP contribution in [0.3, 0.4) is 0 Å². The zero-order chi connectivity index (χ0) is 14.1. The summed E-state index contributed by atoms with van der Waals surface area (Å²) in [5.41, 5.74) is 1.28. The summed E-state index contributed by atoms with van der Waals surface area (Å²) in [7, 11) is 0. The minimum absolute atomic E-state index is 0.0192. The first-order valence-corrected chi connectivity index (χ1v) is 6.65. The molecule has 4 heteroatoms. The van der Waals surface area contributed by atoms with Crippen LogP contribution in [0.25, 0.3) is 0 Å². The van der Waals surface area contributed by atoms with Gasteiger partial charge in [0.1, 0.15) is 0 Å². The predicted octanol–water partition coefficient (Wildman–Crippen LogP) is 1.65. The first-order valence-electron chi connectivity index (χ1n) is 6.65. The Labute approximate surface area is 114 Å². The van der Waals surface area contributed by atoms with Crippen LogP contribution < -0.4 is 10.6 Å². The van der Waals surface area contributed by atoms with Gasteiger partial charge < -0.3 is 10.6 Å². The lowest BCUT2D eigenvalue weighted by Gasteiger charge is -2.14. The van der Waals surface area contributed by atoms with E-state index in [1.54, 1.807) is 0 Å². The molecule has 4 nitrogen and oxygen atoms in total. The van der Waals surface area contributed by atoms with E-state index in [1.807, 2.05) is 25.1 Å². The van der Waals surface area contributed by atoms with E-state index >= 15 is 0 Å². The number of amides is 2. The summed E-state index contributed by atoms with van der Waals surface area (Å²) in [6.07, 6.45) is 2.19. The number of benzene rings is 1. The smallest absolute Gasteiger partial charge is 0.221 e. The van der Waals surface area contributed by atoms with Crippen LogP contribution in [-0.2, 0) is 16.0 Å². The summed E-state index contributed by atoms with van der Waals surface area (Å²) in [5, 5.41) is 5.54. The van der Waals surface area contributed by atoms with Gasteiger partial charge in [0, 0.05) is 25.9 Å². The van der Waals surface area contributed by atoms with Gasteiger partial charge in [-0.15, -0.1) is 0 Å². The van der Waals surface area contributed by atoms with Crippen LogP contribution in [0.4, 0.5) is 0 Å². The van der Waals surface area contributed by atoms with Crippen LogP contribution in [0.1, 0.15) is 32.3 Å². The maximum atomic E-state index is 11.6. The molecule has 1 rings (SSSR count). The van der Waals surface area contributed by atoms with Crippen molar-refractivity contribution in [3.05, 3.63) is 35.9 Å². The first kappa shape index (κ1) is 15.2. The number of carbonyl (C=O) groups excluding carboxylic acids is 2. The molecule has 0 bridgehead atoms. The minimum Gasteiger partial charge on any atom is -0.356 e. The highest BCUT2D eigenvalue weighted by molar-refractivity contribution is 5.78. The second kappa shape index (κ2) is 8.29. The molecule has 2 amide bonds. The van der Waals surface area contributed by atoms with Crippen molar-refractivity contribution in [2.24, 2.45) is 0 Å². The molecule has 0 aromatic heterocycles. The number of nitrogens with one attached hydrogen (secondary N) is 2. The lowest BCUT2D eigenvalue weighted by molar-refractivity contribution is -0.122. The third-order valence-corrected chi connectivity index (χ3v) is 2.84. The topological polar surface area (TPSA) is 58.2 Å². The fourth-order valence-corrected chi connectivity index (χ4v) is 1.80. The number of rotatable bonds is 7. The lowest BCUT2D eigenvalue weighted by atomic mass is 10.1. The molecule has 0 saturated carbocycles.